The van der Waals surface area contributed by atoms with Crippen LogP contribution in [0.15, 0.2) is 0 Å². The molecule has 0 fully saturated rings. The second-order valence-electron chi connectivity index (χ2n) is 4.37. The summed E-state index contributed by atoms with van der Waals surface area (Å²) in [6, 6.07) is 0. The predicted molar refractivity (Wildman–Crippen MR) is 57.8 cm³/mol. The summed E-state index contributed by atoms with van der Waals surface area (Å²) in [5.41, 5.74) is -1.08. The lowest BCUT2D eigenvalue weighted by Crippen LogP contribution is -2.57. The molecule has 0 radical (unpaired) electrons. The van der Waals surface area contributed by atoms with E-state index < -0.39 is 38.0 Å². The van der Waals surface area contributed by atoms with Crippen LogP contribution in [0.25, 0.3) is 0 Å². The second-order valence-corrected chi connectivity index (χ2v) is 4.37. The lowest BCUT2D eigenvalue weighted by Gasteiger charge is -2.40. The highest BCUT2D eigenvalue weighted by Gasteiger charge is 2.37. The van der Waals surface area contributed by atoms with Gasteiger partial charge >= 0.3 is 5.97 Å². The quantitative estimate of drug-likeness (QED) is 0.406. The van der Waals surface area contributed by atoms with Gasteiger partial charge in [0.15, 0.2) is 0 Å². The molecule has 96 valence electrons. The number of hydrogen-bond donors (Lipinski definition) is 4. The van der Waals surface area contributed by atoms with Crippen molar-refractivity contribution in [2.24, 2.45) is 5.92 Å². The summed E-state index contributed by atoms with van der Waals surface area (Å²) in [7, 11) is 0. The van der Waals surface area contributed by atoms with E-state index in [1.807, 2.05) is 13.8 Å². The number of hydrogen-bond acceptors (Lipinski definition) is 5. The first kappa shape index (κ1) is 15.3. The Morgan fingerprint density at radius 3 is 2.00 bits per heavy atom. The van der Waals surface area contributed by atoms with Crippen LogP contribution in [0.1, 0.15) is 20.3 Å². The topological polar surface area (TPSA) is 101 Å². The van der Waals surface area contributed by atoms with Gasteiger partial charge < -0.3 is 20.4 Å². The Morgan fingerprint density at radius 1 is 1.25 bits per heavy atom. The van der Waals surface area contributed by atoms with Crippen LogP contribution in [0.2, 0.25) is 0 Å². The molecule has 0 aliphatic heterocycles. The second kappa shape index (κ2) is 6.80. The zero-order valence-electron chi connectivity index (χ0n) is 9.76. The standard InChI is InChI=1S/C10H21NO5/c1-8(2)3-10(5-12,6-13)11(7-14)4-9(15)16/h8,12-14H,3-7H2,1-2H3,(H,15,16). The zero-order chi connectivity index (χ0) is 12.8. The third kappa shape index (κ3) is 4.05. The molecule has 0 saturated carbocycles. The van der Waals surface area contributed by atoms with Gasteiger partial charge in [0.25, 0.3) is 0 Å². The van der Waals surface area contributed by atoms with E-state index in [2.05, 4.69) is 0 Å². The Balaban J connectivity index is 4.87. The molecule has 0 aliphatic carbocycles. The molecule has 16 heavy (non-hydrogen) atoms. The molecule has 0 spiro atoms. The molecule has 0 aliphatic rings. The van der Waals surface area contributed by atoms with Gasteiger partial charge in [0.1, 0.15) is 0 Å². The van der Waals surface area contributed by atoms with Gasteiger partial charge in [-0.25, -0.2) is 0 Å². The van der Waals surface area contributed by atoms with Crippen molar-refractivity contribution in [3.05, 3.63) is 0 Å². The number of carbonyl (C=O) groups is 1. The van der Waals surface area contributed by atoms with Gasteiger partial charge in [-0.05, 0) is 12.3 Å². The zero-order valence-corrected chi connectivity index (χ0v) is 9.76. The van der Waals surface area contributed by atoms with Crippen LogP contribution in [0, 0.1) is 5.92 Å². The SMILES string of the molecule is CC(C)CC(CO)(CO)N(CO)CC(=O)O. The average Bonchev–Trinajstić information content (AvgIpc) is 2.22. The summed E-state index contributed by atoms with van der Waals surface area (Å²) in [4.78, 5) is 11.8. The van der Waals surface area contributed by atoms with Crippen molar-refractivity contribution in [1.82, 2.24) is 4.90 Å². The molecular weight excluding hydrogens is 214 g/mol. The molecular formula is C10H21NO5. The van der Waals surface area contributed by atoms with Crippen LogP contribution in [0.5, 0.6) is 0 Å². The van der Waals surface area contributed by atoms with Gasteiger partial charge in [-0.15, -0.1) is 0 Å². The van der Waals surface area contributed by atoms with Gasteiger partial charge in [0, 0.05) is 0 Å². The van der Waals surface area contributed by atoms with Gasteiger partial charge in [-0.3, -0.25) is 9.69 Å². The number of rotatable bonds is 8. The highest BCUT2D eigenvalue weighted by atomic mass is 16.4. The van der Waals surface area contributed by atoms with Crippen molar-refractivity contribution < 1.29 is 25.2 Å². The van der Waals surface area contributed by atoms with Crippen LogP contribution >= 0.6 is 0 Å². The van der Waals surface area contributed by atoms with Crippen molar-refractivity contribution in [2.45, 2.75) is 25.8 Å². The van der Waals surface area contributed by atoms with Gasteiger partial charge in [0.05, 0.1) is 32.0 Å². The van der Waals surface area contributed by atoms with E-state index in [1.165, 1.54) is 4.90 Å². The monoisotopic (exact) mass is 235 g/mol. The molecule has 6 nitrogen and oxygen atoms in total. The largest absolute Gasteiger partial charge is 0.480 e. The van der Waals surface area contributed by atoms with Crippen molar-refractivity contribution in [3.63, 3.8) is 0 Å². The molecule has 4 N–H and O–H groups in total. The molecule has 0 unspecified atom stereocenters. The number of nitrogens with zero attached hydrogens (tertiary/aromatic N) is 1. The Labute approximate surface area is 95.1 Å². The maximum absolute atomic E-state index is 10.6. The third-order valence-corrected chi connectivity index (χ3v) is 2.54. The van der Waals surface area contributed by atoms with E-state index in [0.29, 0.717) is 6.42 Å². The number of carboxylic acids is 1. The summed E-state index contributed by atoms with van der Waals surface area (Å²) in [5.74, 6) is -0.939. The minimum atomic E-state index is -1.11. The number of aliphatic hydroxyl groups is 3. The van der Waals surface area contributed by atoms with E-state index >= 15 is 0 Å². The van der Waals surface area contributed by atoms with E-state index in [4.69, 9.17) is 10.2 Å². The summed E-state index contributed by atoms with van der Waals surface area (Å²) in [6.45, 7) is 2.09. The van der Waals surface area contributed by atoms with Gasteiger partial charge in [0.2, 0.25) is 0 Å². The molecule has 0 atom stereocenters. The summed E-state index contributed by atoms with van der Waals surface area (Å²) in [6.07, 6.45) is 0.411. The molecule has 0 aromatic carbocycles. The Kier molecular flexibility index (Phi) is 6.51. The highest BCUT2D eigenvalue weighted by molar-refractivity contribution is 5.69. The van der Waals surface area contributed by atoms with Crippen LogP contribution in [0.3, 0.4) is 0 Å². The first-order chi connectivity index (χ1) is 7.41. The van der Waals surface area contributed by atoms with E-state index in [9.17, 15) is 15.0 Å². The lowest BCUT2D eigenvalue weighted by molar-refractivity contribution is -0.145. The van der Waals surface area contributed by atoms with Gasteiger partial charge in [-0.2, -0.15) is 0 Å². The minimum absolute atomic E-state index is 0.169. The average molecular weight is 235 g/mol. The van der Waals surface area contributed by atoms with E-state index in [0.717, 1.165) is 0 Å². The molecule has 0 heterocycles. The minimum Gasteiger partial charge on any atom is -0.480 e. The van der Waals surface area contributed by atoms with Gasteiger partial charge in [-0.1, -0.05) is 13.8 Å². The summed E-state index contributed by atoms with van der Waals surface area (Å²) in [5, 5.41) is 36.5. The Hall–Kier alpha value is -0.690. The van der Waals surface area contributed by atoms with Crippen LogP contribution in [-0.4, -0.2) is 63.3 Å². The summed E-state index contributed by atoms with van der Waals surface area (Å²) >= 11 is 0. The Bertz CT molecular complexity index is 215. The number of aliphatic carboxylic acids is 1. The first-order valence-electron chi connectivity index (χ1n) is 5.21. The molecule has 6 heteroatoms. The van der Waals surface area contributed by atoms with Crippen LogP contribution in [-0.2, 0) is 4.79 Å². The maximum Gasteiger partial charge on any atom is 0.317 e. The number of carboxylic acid groups (broad SMARTS) is 1. The smallest absolute Gasteiger partial charge is 0.317 e. The molecule has 0 rings (SSSR count). The van der Waals surface area contributed by atoms with Crippen molar-refractivity contribution in [1.29, 1.82) is 0 Å². The summed E-state index contributed by atoms with van der Waals surface area (Å²) < 4.78 is 0. The molecule has 0 amide bonds. The number of aliphatic hydroxyl groups excluding tert-OH is 3. The van der Waals surface area contributed by atoms with Crippen LogP contribution < -0.4 is 0 Å². The maximum atomic E-state index is 10.6. The fourth-order valence-corrected chi connectivity index (χ4v) is 1.80. The van der Waals surface area contributed by atoms with Crippen LogP contribution in [0.4, 0.5) is 0 Å². The fraction of sp³-hybridized carbons (Fsp3) is 0.900. The highest BCUT2D eigenvalue weighted by Crippen LogP contribution is 2.23. The third-order valence-electron chi connectivity index (χ3n) is 2.54. The predicted octanol–water partition coefficient (Wildman–Crippen LogP) is -0.908. The van der Waals surface area contributed by atoms with Crippen molar-refractivity contribution in [2.75, 3.05) is 26.5 Å². The first-order valence-corrected chi connectivity index (χ1v) is 5.21. The van der Waals surface area contributed by atoms with E-state index in [1.54, 1.807) is 0 Å². The fourth-order valence-electron chi connectivity index (χ4n) is 1.80. The molecule has 0 aromatic rings. The normalized spacial score (nSPS) is 12.4. The Morgan fingerprint density at radius 2 is 1.75 bits per heavy atom. The molecule has 0 bridgehead atoms. The molecule has 0 saturated heterocycles. The van der Waals surface area contributed by atoms with Crippen molar-refractivity contribution >= 4 is 5.97 Å². The van der Waals surface area contributed by atoms with E-state index in [-0.39, 0.29) is 5.92 Å². The lowest BCUT2D eigenvalue weighted by atomic mass is 9.88. The molecule has 0 aromatic heterocycles. The van der Waals surface area contributed by atoms with Crippen molar-refractivity contribution in [3.8, 4) is 0 Å².